The Labute approximate surface area is 169 Å². The molecule has 2 saturated heterocycles. The summed E-state index contributed by atoms with van der Waals surface area (Å²) >= 11 is 0. The van der Waals surface area contributed by atoms with Gasteiger partial charge in [0.2, 0.25) is 11.8 Å². The molecule has 2 atom stereocenters. The molecule has 0 aliphatic carbocycles. The lowest BCUT2D eigenvalue weighted by Crippen LogP contribution is -2.51. The van der Waals surface area contributed by atoms with E-state index < -0.39 is 5.60 Å². The summed E-state index contributed by atoms with van der Waals surface area (Å²) in [5.74, 6) is 0.0706. The van der Waals surface area contributed by atoms with Crippen molar-refractivity contribution in [1.29, 1.82) is 0 Å². The van der Waals surface area contributed by atoms with E-state index in [0.717, 1.165) is 38.8 Å². The second kappa shape index (κ2) is 9.14. The quantitative estimate of drug-likeness (QED) is 0.734. The Morgan fingerprint density at radius 3 is 2.36 bits per heavy atom. The summed E-state index contributed by atoms with van der Waals surface area (Å²) < 4.78 is 5.42. The second-order valence-corrected chi connectivity index (χ2v) is 9.47. The lowest BCUT2D eigenvalue weighted by atomic mass is 9.95. The van der Waals surface area contributed by atoms with Crippen LogP contribution in [0, 0.1) is 11.8 Å². The molecule has 160 valence electrons. The zero-order valence-corrected chi connectivity index (χ0v) is 18.4. The van der Waals surface area contributed by atoms with Crippen molar-refractivity contribution in [3.8, 4) is 0 Å². The van der Waals surface area contributed by atoms with Crippen LogP contribution in [0.2, 0.25) is 0 Å². The Hall–Kier alpha value is -1.79. The van der Waals surface area contributed by atoms with Gasteiger partial charge in [-0.1, -0.05) is 13.8 Å². The van der Waals surface area contributed by atoms with E-state index >= 15 is 0 Å². The van der Waals surface area contributed by atoms with Gasteiger partial charge in [-0.05, 0) is 46.5 Å². The Bertz CT molecular complexity index is 585. The van der Waals surface area contributed by atoms with Crippen molar-refractivity contribution in [1.82, 2.24) is 14.7 Å². The summed E-state index contributed by atoms with van der Waals surface area (Å²) in [5, 5.41) is 0. The van der Waals surface area contributed by atoms with Crippen molar-refractivity contribution < 1.29 is 19.1 Å². The molecule has 0 aromatic carbocycles. The molecule has 0 radical (unpaired) electrons. The monoisotopic (exact) mass is 395 g/mol. The molecule has 0 aromatic rings. The maximum absolute atomic E-state index is 13.2. The molecule has 0 spiro atoms. The van der Waals surface area contributed by atoms with E-state index in [1.807, 2.05) is 44.4 Å². The first-order valence-corrected chi connectivity index (χ1v) is 10.5. The molecule has 7 nitrogen and oxygen atoms in total. The molecule has 0 aromatic heterocycles. The Morgan fingerprint density at radius 1 is 1.11 bits per heavy atom. The van der Waals surface area contributed by atoms with E-state index in [2.05, 4.69) is 0 Å². The number of carbonyl (C=O) groups excluding carboxylic acids is 3. The van der Waals surface area contributed by atoms with Gasteiger partial charge in [-0.3, -0.25) is 9.59 Å². The van der Waals surface area contributed by atoms with Crippen LogP contribution >= 0.6 is 0 Å². The van der Waals surface area contributed by atoms with Crippen LogP contribution in [0.3, 0.4) is 0 Å². The molecule has 0 N–H and O–H groups in total. The Kier molecular flexibility index (Phi) is 7.34. The molecule has 7 heteroatoms. The maximum Gasteiger partial charge on any atom is 0.410 e. The highest BCUT2D eigenvalue weighted by atomic mass is 16.6. The molecule has 2 rings (SSSR count). The predicted molar refractivity (Wildman–Crippen MR) is 108 cm³/mol. The third kappa shape index (κ3) is 5.85. The van der Waals surface area contributed by atoms with E-state index in [-0.39, 0.29) is 35.8 Å². The van der Waals surface area contributed by atoms with Gasteiger partial charge in [0.25, 0.3) is 0 Å². The van der Waals surface area contributed by atoms with Crippen molar-refractivity contribution in [3.63, 3.8) is 0 Å². The third-order valence-electron chi connectivity index (χ3n) is 5.43. The van der Waals surface area contributed by atoms with Gasteiger partial charge in [-0.15, -0.1) is 0 Å². The second-order valence-electron chi connectivity index (χ2n) is 9.47. The van der Waals surface area contributed by atoms with Gasteiger partial charge in [-0.25, -0.2) is 4.79 Å². The van der Waals surface area contributed by atoms with E-state index in [9.17, 15) is 14.4 Å². The molecule has 2 aliphatic heterocycles. The number of nitrogens with zero attached hydrogens (tertiary/aromatic N) is 3. The fraction of sp³-hybridized carbons (Fsp3) is 0.857. The zero-order valence-electron chi connectivity index (χ0n) is 18.4. The van der Waals surface area contributed by atoms with Crippen LogP contribution in [0.5, 0.6) is 0 Å². The number of likely N-dealkylation sites (N-methyl/N-ethyl adjacent to an activating group) is 1. The van der Waals surface area contributed by atoms with Crippen LogP contribution in [-0.2, 0) is 14.3 Å². The van der Waals surface area contributed by atoms with E-state index in [1.165, 1.54) is 0 Å². The van der Waals surface area contributed by atoms with E-state index in [4.69, 9.17) is 4.74 Å². The van der Waals surface area contributed by atoms with Crippen molar-refractivity contribution in [2.24, 2.45) is 11.8 Å². The number of hydrogen-bond donors (Lipinski definition) is 0. The Balaban J connectivity index is 1.96. The summed E-state index contributed by atoms with van der Waals surface area (Å²) in [7, 11) is 1.72. The van der Waals surface area contributed by atoms with Crippen molar-refractivity contribution in [3.05, 3.63) is 0 Å². The van der Waals surface area contributed by atoms with Gasteiger partial charge in [-0.2, -0.15) is 0 Å². The van der Waals surface area contributed by atoms with Crippen molar-refractivity contribution >= 4 is 17.9 Å². The van der Waals surface area contributed by atoms with Crippen LogP contribution in [0.4, 0.5) is 4.79 Å². The molecular formula is C21H37N3O4. The summed E-state index contributed by atoms with van der Waals surface area (Å²) in [4.78, 5) is 43.1. The number of amides is 3. The predicted octanol–water partition coefficient (Wildman–Crippen LogP) is 2.74. The van der Waals surface area contributed by atoms with Gasteiger partial charge in [0.1, 0.15) is 5.60 Å². The SMILES string of the molecule is CC(C)C(=O)N1CCC[C@@H](C(=O)N2CCC[C@@H]2CN(C)C(=O)OC(C)(C)C)C1. The first-order valence-electron chi connectivity index (χ1n) is 10.5. The minimum absolute atomic E-state index is 0.0150. The van der Waals surface area contributed by atoms with Crippen molar-refractivity contribution in [2.45, 2.75) is 71.9 Å². The van der Waals surface area contributed by atoms with E-state index in [1.54, 1.807) is 11.9 Å². The van der Waals surface area contributed by atoms with Crippen molar-refractivity contribution in [2.75, 3.05) is 33.2 Å². The van der Waals surface area contributed by atoms with Crippen LogP contribution in [0.1, 0.15) is 60.3 Å². The topological polar surface area (TPSA) is 70.2 Å². The molecule has 3 amide bonds. The standard InChI is InChI=1S/C21H37N3O4/c1-15(2)18(25)23-11-7-9-16(13-23)19(26)24-12-8-10-17(24)14-22(6)20(27)28-21(3,4)5/h15-17H,7-14H2,1-6H3/t16-,17-/m1/s1. The molecule has 28 heavy (non-hydrogen) atoms. The highest BCUT2D eigenvalue weighted by Gasteiger charge is 2.37. The number of hydrogen-bond acceptors (Lipinski definition) is 4. The van der Waals surface area contributed by atoms with E-state index in [0.29, 0.717) is 13.1 Å². The summed E-state index contributed by atoms with van der Waals surface area (Å²) in [6.45, 7) is 11.8. The minimum atomic E-state index is -0.537. The number of likely N-dealkylation sites (tertiary alicyclic amines) is 2. The Morgan fingerprint density at radius 2 is 1.75 bits per heavy atom. The molecule has 0 saturated carbocycles. The molecule has 0 bridgehead atoms. The number of ether oxygens (including phenoxy) is 1. The number of carbonyl (C=O) groups is 3. The third-order valence-corrected chi connectivity index (χ3v) is 5.43. The number of piperidine rings is 1. The van der Waals surface area contributed by atoms with Gasteiger partial charge in [0.15, 0.2) is 0 Å². The van der Waals surface area contributed by atoms with Crippen LogP contribution in [0.25, 0.3) is 0 Å². The lowest BCUT2D eigenvalue weighted by Gasteiger charge is -2.37. The molecule has 0 unspecified atom stereocenters. The van der Waals surface area contributed by atoms with Gasteiger partial charge in [0.05, 0.1) is 5.92 Å². The first kappa shape index (κ1) is 22.5. The lowest BCUT2D eigenvalue weighted by molar-refractivity contribution is -0.143. The largest absolute Gasteiger partial charge is 0.444 e. The normalized spacial score (nSPS) is 23.1. The average Bonchev–Trinajstić information content (AvgIpc) is 3.07. The summed E-state index contributed by atoms with van der Waals surface area (Å²) in [6, 6.07) is 0.0150. The fourth-order valence-corrected chi connectivity index (χ4v) is 4.02. The smallest absolute Gasteiger partial charge is 0.410 e. The fourth-order valence-electron chi connectivity index (χ4n) is 4.02. The molecular weight excluding hydrogens is 358 g/mol. The van der Waals surface area contributed by atoms with Crippen LogP contribution < -0.4 is 0 Å². The van der Waals surface area contributed by atoms with Crippen LogP contribution in [0.15, 0.2) is 0 Å². The highest BCUT2D eigenvalue weighted by Crippen LogP contribution is 2.26. The molecule has 2 fully saturated rings. The molecule has 2 heterocycles. The highest BCUT2D eigenvalue weighted by molar-refractivity contribution is 5.82. The minimum Gasteiger partial charge on any atom is -0.444 e. The zero-order chi connectivity index (χ0) is 21.1. The number of rotatable bonds is 4. The first-order chi connectivity index (χ1) is 13.0. The summed E-state index contributed by atoms with van der Waals surface area (Å²) in [5.41, 5.74) is -0.537. The van der Waals surface area contributed by atoms with Gasteiger partial charge >= 0.3 is 6.09 Å². The summed E-state index contributed by atoms with van der Waals surface area (Å²) in [6.07, 6.45) is 3.16. The van der Waals surface area contributed by atoms with Gasteiger partial charge < -0.3 is 19.4 Å². The van der Waals surface area contributed by atoms with Gasteiger partial charge in [0, 0.05) is 45.2 Å². The van der Waals surface area contributed by atoms with Crippen LogP contribution in [-0.4, -0.2) is 77.5 Å². The average molecular weight is 396 g/mol. The maximum atomic E-state index is 13.2. The molecule has 2 aliphatic rings.